The Hall–Kier alpha value is -3.36. The Morgan fingerprint density at radius 3 is 2.54 bits per heavy atom. The summed E-state index contributed by atoms with van der Waals surface area (Å²) in [5.41, 5.74) is 1.000. The number of hydrogen-bond acceptors (Lipinski definition) is 6. The van der Waals surface area contributed by atoms with Crippen molar-refractivity contribution in [3.05, 3.63) is 65.2 Å². The second-order valence-corrected chi connectivity index (χ2v) is 8.67. The van der Waals surface area contributed by atoms with Crippen molar-refractivity contribution in [1.82, 2.24) is 4.90 Å². The molecular weight excluding hydrogens is 448 g/mol. The van der Waals surface area contributed by atoms with Crippen molar-refractivity contribution in [3.63, 3.8) is 0 Å². The summed E-state index contributed by atoms with van der Waals surface area (Å²) in [5.74, 6) is -0.629. The largest absolute Gasteiger partial charge is 0.872 e. The summed E-state index contributed by atoms with van der Waals surface area (Å²) in [6.07, 6.45) is 0.725. The number of methoxy groups -OCH3 is 1. The van der Waals surface area contributed by atoms with Gasteiger partial charge in [0.05, 0.1) is 39.5 Å². The van der Waals surface area contributed by atoms with Gasteiger partial charge in [-0.05, 0) is 42.3 Å². The molecule has 2 fully saturated rings. The van der Waals surface area contributed by atoms with E-state index in [0.29, 0.717) is 35.8 Å². The van der Waals surface area contributed by atoms with Gasteiger partial charge in [-0.15, -0.1) is 0 Å². The Morgan fingerprint density at radius 2 is 1.86 bits per heavy atom. The average molecular weight is 481 g/mol. The van der Waals surface area contributed by atoms with E-state index in [0.717, 1.165) is 39.3 Å². The maximum Gasteiger partial charge on any atom is 0.295 e. The predicted molar refractivity (Wildman–Crippen MR) is 128 cm³/mol. The first-order valence-electron chi connectivity index (χ1n) is 12.1. The van der Waals surface area contributed by atoms with Gasteiger partial charge in [0.1, 0.15) is 24.6 Å². The zero-order chi connectivity index (χ0) is 24.8. The summed E-state index contributed by atoms with van der Waals surface area (Å²) in [5, 5.41) is 13.6. The lowest BCUT2D eigenvalue weighted by molar-refractivity contribution is -0.908. The number of nitrogens with one attached hydrogen (secondary N) is 1. The van der Waals surface area contributed by atoms with Crippen molar-refractivity contribution in [2.24, 2.45) is 0 Å². The molecule has 2 saturated heterocycles. The van der Waals surface area contributed by atoms with Gasteiger partial charge in [0.15, 0.2) is 0 Å². The van der Waals surface area contributed by atoms with Crippen molar-refractivity contribution in [2.75, 3.05) is 53.1 Å². The van der Waals surface area contributed by atoms with Gasteiger partial charge in [-0.25, -0.2) is 0 Å². The molecule has 2 heterocycles. The summed E-state index contributed by atoms with van der Waals surface area (Å²) >= 11 is 0. The number of Topliss-reactive ketones (excluding diaryl/α,β-unsaturated/α-hetero) is 1. The lowest BCUT2D eigenvalue weighted by Gasteiger charge is -2.29. The van der Waals surface area contributed by atoms with E-state index >= 15 is 0 Å². The maximum atomic E-state index is 13.6. The van der Waals surface area contributed by atoms with Crippen LogP contribution in [0.25, 0.3) is 5.76 Å². The molecule has 4 rings (SSSR count). The molecule has 0 spiro atoms. The SMILES string of the molecule is CCOc1ccc(C2C(=C([O-])c3cccc(OC)c3)C(=O)C(=O)N2CCC[NH+]2CCOCC2)cc1. The standard InChI is InChI=1S/C27H32N2O6/c1-3-35-21-10-8-19(9-11-21)24-23(25(30)20-6-4-7-22(18-20)33-2)26(31)27(32)29(24)13-5-12-28-14-16-34-17-15-28/h4,6-11,18,24,30H,3,5,12-17H2,1-2H3. The van der Waals surface area contributed by atoms with Crippen molar-refractivity contribution < 1.29 is 33.8 Å². The third kappa shape index (κ3) is 5.49. The third-order valence-electron chi connectivity index (χ3n) is 6.50. The monoisotopic (exact) mass is 480 g/mol. The molecule has 2 aromatic rings. The van der Waals surface area contributed by atoms with Crippen LogP contribution in [0, 0.1) is 0 Å². The van der Waals surface area contributed by atoms with Crippen LogP contribution in [0.3, 0.4) is 0 Å². The Balaban J connectivity index is 1.67. The smallest absolute Gasteiger partial charge is 0.295 e. The number of carbonyl (C=O) groups excluding carboxylic acids is 2. The number of carbonyl (C=O) groups is 2. The number of hydrogen-bond donors (Lipinski definition) is 1. The van der Waals surface area contributed by atoms with Gasteiger partial charge in [0, 0.05) is 18.5 Å². The van der Waals surface area contributed by atoms with E-state index in [1.807, 2.05) is 19.1 Å². The molecule has 35 heavy (non-hydrogen) atoms. The van der Waals surface area contributed by atoms with E-state index in [9.17, 15) is 14.7 Å². The number of morpholine rings is 1. The van der Waals surface area contributed by atoms with Crippen LogP contribution in [0.1, 0.15) is 30.5 Å². The van der Waals surface area contributed by atoms with E-state index < -0.39 is 23.5 Å². The fourth-order valence-corrected chi connectivity index (χ4v) is 4.69. The molecule has 1 N–H and O–H groups in total. The highest BCUT2D eigenvalue weighted by molar-refractivity contribution is 6.46. The Labute approximate surface area is 205 Å². The second kappa shape index (κ2) is 11.4. The molecule has 0 aliphatic carbocycles. The molecule has 2 aromatic carbocycles. The molecule has 0 radical (unpaired) electrons. The number of quaternary nitrogens is 1. The summed E-state index contributed by atoms with van der Waals surface area (Å²) in [7, 11) is 1.52. The number of nitrogens with zero attached hydrogens (tertiary/aromatic N) is 1. The van der Waals surface area contributed by atoms with E-state index in [1.165, 1.54) is 12.0 Å². The minimum atomic E-state index is -0.746. The van der Waals surface area contributed by atoms with Crippen LogP contribution in [0.15, 0.2) is 54.1 Å². The summed E-state index contributed by atoms with van der Waals surface area (Å²) in [4.78, 5) is 29.3. The fourth-order valence-electron chi connectivity index (χ4n) is 4.69. The van der Waals surface area contributed by atoms with Gasteiger partial charge in [-0.2, -0.15) is 0 Å². The Morgan fingerprint density at radius 1 is 1.11 bits per heavy atom. The molecule has 1 atom stereocenters. The van der Waals surface area contributed by atoms with Crippen LogP contribution in [-0.4, -0.2) is 69.7 Å². The van der Waals surface area contributed by atoms with Crippen molar-refractivity contribution >= 4 is 17.4 Å². The van der Waals surface area contributed by atoms with Crippen LogP contribution in [0.2, 0.25) is 0 Å². The van der Waals surface area contributed by atoms with Crippen molar-refractivity contribution in [3.8, 4) is 11.5 Å². The lowest BCUT2D eigenvalue weighted by Crippen LogP contribution is -3.14. The molecule has 0 aromatic heterocycles. The topological polar surface area (TPSA) is 92.6 Å². The maximum absolute atomic E-state index is 13.6. The normalized spacial score (nSPS) is 20.3. The number of benzene rings is 2. The zero-order valence-electron chi connectivity index (χ0n) is 20.2. The van der Waals surface area contributed by atoms with Gasteiger partial charge >= 0.3 is 0 Å². The first-order chi connectivity index (χ1) is 17.0. The van der Waals surface area contributed by atoms with Gasteiger partial charge in [0.2, 0.25) is 5.78 Å². The summed E-state index contributed by atoms with van der Waals surface area (Å²) < 4.78 is 16.2. The molecule has 0 saturated carbocycles. The minimum absolute atomic E-state index is 0.0221. The minimum Gasteiger partial charge on any atom is -0.872 e. The first-order valence-corrected chi connectivity index (χ1v) is 12.1. The number of likely N-dealkylation sites (tertiary alicyclic amines) is 1. The molecule has 1 amide bonds. The lowest BCUT2D eigenvalue weighted by atomic mass is 9.95. The fraction of sp³-hybridized carbons (Fsp3) is 0.407. The van der Waals surface area contributed by atoms with Crippen molar-refractivity contribution in [2.45, 2.75) is 19.4 Å². The summed E-state index contributed by atoms with van der Waals surface area (Å²) in [6, 6.07) is 13.1. The molecule has 8 nitrogen and oxygen atoms in total. The zero-order valence-corrected chi connectivity index (χ0v) is 20.2. The third-order valence-corrected chi connectivity index (χ3v) is 6.50. The Kier molecular flexibility index (Phi) is 8.05. The van der Waals surface area contributed by atoms with E-state index in [-0.39, 0.29) is 5.57 Å². The molecule has 8 heteroatoms. The van der Waals surface area contributed by atoms with Crippen LogP contribution < -0.4 is 19.5 Å². The van der Waals surface area contributed by atoms with Crippen LogP contribution in [-0.2, 0) is 14.3 Å². The van der Waals surface area contributed by atoms with Crippen LogP contribution in [0.5, 0.6) is 11.5 Å². The van der Waals surface area contributed by atoms with Gasteiger partial charge in [0.25, 0.3) is 5.91 Å². The van der Waals surface area contributed by atoms with Crippen molar-refractivity contribution in [1.29, 1.82) is 0 Å². The number of amides is 1. The average Bonchev–Trinajstić information content (AvgIpc) is 3.14. The quantitative estimate of drug-likeness (QED) is 0.322. The van der Waals surface area contributed by atoms with Crippen LogP contribution >= 0.6 is 0 Å². The molecular formula is C27H32N2O6. The highest BCUT2D eigenvalue weighted by Gasteiger charge is 2.44. The molecule has 0 bridgehead atoms. The molecule has 2 aliphatic rings. The molecule has 2 aliphatic heterocycles. The Bertz CT molecular complexity index is 1080. The summed E-state index contributed by atoms with van der Waals surface area (Å²) in [6.45, 7) is 7.02. The molecule has 186 valence electrons. The van der Waals surface area contributed by atoms with Gasteiger partial charge < -0.3 is 29.1 Å². The van der Waals surface area contributed by atoms with E-state index in [1.54, 1.807) is 41.3 Å². The van der Waals surface area contributed by atoms with Gasteiger partial charge in [-0.3, -0.25) is 9.59 Å². The highest BCUT2D eigenvalue weighted by atomic mass is 16.5. The van der Waals surface area contributed by atoms with E-state index in [4.69, 9.17) is 14.2 Å². The highest BCUT2D eigenvalue weighted by Crippen LogP contribution is 2.39. The predicted octanol–water partition coefficient (Wildman–Crippen LogP) is 0.623. The molecule has 1 unspecified atom stereocenters. The number of rotatable bonds is 9. The van der Waals surface area contributed by atoms with Crippen LogP contribution in [0.4, 0.5) is 0 Å². The number of ketones is 1. The second-order valence-electron chi connectivity index (χ2n) is 8.67. The first kappa shape index (κ1) is 24.8. The van der Waals surface area contributed by atoms with Gasteiger partial charge in [-0.1, -0.05) is 30.0 Å². The van der Waals surface area contributed by atoms with E-state index in [2.05, 4.69) is 0 Å². The number of ether oxygens (including phenoxy) is 3.